The van der Waals surface area contributed by atoms with E-state index in [1.54, 1.807) is 11.3 Å². The maximum absolute atomic E-state index is 9.54. The van der Waals surface area contributed by atoms with E-state index in [9.17, 15) is 5.11 Å². The first-order valence-corrected chi connectivity index (χ1v) is 6.08. The Morgan fingerprint density at radius 3 is 2.93 bits per heavy atom. The van der Waals surface area contributed by atoms with Gasteiger partial charge in [-0.1, -0.05) is 19.9 Å². The second-order valence-electron chi connectivity index (χ2n) is 3.81. The van der Waals surface area contributed by atoms with Gasteiger partial charge in [-0.2, -0.15) is 0 Å². The molecule has 4 heteroatoms. The van der Waals surface area contributed by atoms with E-state index in [1.165, 1.54) is 4.88 Å². The molecule has 86 valence electrons. The number of nitrogens with one attached hydrogen (secondary N) is 1. The van der Waals surface area contributed by atoms with Crippen LogP contribution in [0, 0.1) is 0 Å². The maximum Gasteiger partial charge on any atom is 0.0897 e. The van der Waals surface area contributed by atoms with Gasteiger partial charge in [0.2, 0.25) is 0 Å². The molecule has 1 heterocycles. The van der Waals surface area contributed by atoms with E-state index < -0.39 is 6.10 Å². The Balaban J connectivity index is 2.04. The number of hydrogen-bond acceptors (Lipinski definition) is 4. The molecule has 1 rings (SSSR count). The van der Waals surface area contributed by atoms with Crippen molar-refractivity contribution in [1.82, 2.24) is 5.32 Å². The van der Waals surface area contributed by atoms with Gasteiger partial charge in [0.1, 0.15) is 0 Å². The molecular formula is C11H19NO2S. The zero-order valence-corrected chi connectivity index (χ0v) is 10.1. The fraction of sp³-hybridized carbons (Fsp3) is 0.636. The lowest BCUT2D eigenvalue weighted by atomic mass is 10.3. The first-order valence-electron chi connectivity index (χ1n) is 5.20. The third-order valence-electron chi connectivity index (χ3n) is 1.90. The quantitative estimate of drug-likeness (QED) is 0.746. The largest absolute Gasteiger partial charge is 0.389 e. The van der Waals surface area contributed by atoms with Crippen LogP contribution in [0.1, 0.15) is 18.7 Å². The SMILES string of the molecule is CC(C)NCC(O)COCc1cccs1. The van der Waals surface area contributed by atoms with E-state index in [1.807, 2.05) is 17.5 Å². The molecule has 0 fully saturated rings. The molecule has 0 spiro atoms. The van der Waals surface area contributed by atoms with Crippen LogP contribution in [0.25, 0.3) is 0 Å². The smallest absolute Gasteiger partial charge is 0.0897 e. The van der Waals surface area contributed by atoms with Gasteiger partial charge < -0.3 is 15.2 Å². The second kappa shape index (κ2) is 6.95. The molecule has 0 aliphatic heterocycles. The fourth-order valence-electron chi connectivity index (χ4n) is 1.12. The van der Waals surface area contributed by atoms with Crippen molar-refractivity contribution in [3.05, 3.63) is 22.4 Å². The van der Waals surface area contributed by atoms with Gasteiger partial charge in [-0.05, 0) is 11.4 Å². The minimum absolute atomic E-state index is 0.387. The van der Waals surface area contributed by atoms with Gasteiger partial charge in [-0.25, -0.2) is 0 Å². The van der Waals surface area contributed by atoms with Gasteiger partial charge in [0.25, 0.3) is 0 Å². The Labute approximate surface area is 95.1 Å². The van der Waals surface area contributed by atoms with E-state index in [0.717, 1.165) is 0 Å². The molecule has 0 amide bonds. The number of aliphatic hydroxyl groups excluding tert-OH is 1. The standard InChI is InChI=1S/C11H19NO2S/c1-9(2)12-6-10(13)7-14-8-11-4-3-5-15-11/h3-5,9-10,12-13H,6-8H2,1-2H3. The maximum atomic E-state index is 9.54. The van der Waals surface area contributed by atoms with Crippen LogP contribution in [-0.4, -0.2) is 30.4 Å². The monoisotopic (exact) mass is 229 g/mol. The van der Waals surface area contributed by atoms with Crippen LogP contribution in [0.4, 0.5) is 0 Å². The normalized spacial score (nSPS) is 13.3. The molecule has 1 atom stereocenters. The van der Waals surface area contributed by atoms with Crippen LogP contribution in [0.3, 0.4) is 0 Å². The van der Waals surface area contributed by atoms with Gasteiger partial charge in [0.15, 0.2) is 0 Å². The van der Waals surface area contributed by atoms with Gasteiger partial charge in [0, 0.05) is 17.5 Å². The molecular weight excluding hydrogens is 210 g/mol. The number of ether oxygens (including phenoxy) is 1. The van der Waals surface area contributed by atoms with Gasteiger partial charge in [-0.15, -0.1) is 11.3 Å². The lowest BCUT2D eigenvalue weighted by molar-refractivity contribution is 0.0290. The Kier molecular flexibility index (Phi) is 5.86. The van der Waals surface area contributed by atoms with E-state index in [4.69, 9.17) is 4.74 Å². The summed E-state index contributed by atoms with van der Waals surface area (Å²) in [6.07, 6.45) is -0.424. The predicted octanol–water partition coefficient (Wildman–Crippen LogP) is 1.62. The van der Waals surface area contributed by atoms with E-state index in [-0.39, 0.29) is 0 Å². The summed E-state index contributed by atoms with van der Waals surface area (Å²) in [5, 5.41) is 14.7. The molecule has 0 saturated carbocycles. The lowest BCUT2D eigenvalue weighted by Crippen LogP contribution is -2.34. The van der Waals surface area contributed by atoms with Crippen molar-refractivity contribution in [2.45, 2.75) is 32.6 Å². The second-order valence-corrected chi connectivity index (χ2v) is 4.84. The summed E-state index contributed by atoms with van der Waals surface area (Å²) in [6, 6.07) is 4.43. The Morgan fingerprint density at radius 1 is 1.53 bits per heavy atom. The molecule has 0 aliphatic rings. The van der Waals surface area contributed by atoms with Crippen molar-refractivity contribution in [2.24, 2.45) is 0 Å². The Morgan fingerprint density at radius 2 is 2.33 bits per heavy atom. The number of hydrogen-bond donors (Lipinski definition) is 2. The molecule has 1 aromatic heterocycles. The highest BCUT2D eigenvalue weighted by atomic mass is 32.1. The van der Waals surface area contributed by atoms with Crippen LogP contribution in [0.2, 0.25) is 0 Å². The predicted molar refractivity (Wildman–Crippen MR) is 63.1 cm³/mol. The molecule has 0 aliphatic carbocycles. The molecule has 2 N–H and O–H groups in total. The van der Waals surface area contributed by atoms with Gasteiger partial charge >= 0.3 is 0 Å². The highest BCUT2D eigenvalue weighted by molar-refractivity contribution is 7.09. The minimum atomic E-state index is -0.424. The molecule has 3 nitrogen and oxygen atoms in total. The van der Waals surface area contributed by atoms with Crippen molar-refractivity contribution in [3.63, 3.8) is 0 Å². The molecule has 0 radical (unpaired) electrons. The molecule has 1 aromatic rings. The van der Waals surface area contributed by atoms with Gasteiger partial charge in [0.05, 0.1) is 19.3 Å². The molecule has 0 bridgehead atoms. The van der Waals surface area contributed by atoms with Crippen molar-refractivity contribution in [2.75, 3.05) is 13.2 Å². The Hall–Kier alpha value is -0.420. The average Bonchev–Trinajstić information content (AvgIpc) is 2.67. The molecule has 0 saturated heterocycles. The zero-order valence-electron chi connectivity index (χ0n) is 9.27. The highest BCUT2D eigenvalue weighted by Gasteiger charge is 2.05. The summed E-state index contributed by atoms with van der Waals surface area (Å²) >= 11 is 1.67. The summed E-state index contributed by atoms with van der Waals surface area (Å²) in [7, 11) is 0. The van der Waals surface area contributed by atoms with Crippen molar-refractivity contribution >= 4 is 11.3 Å². The summed E-state index contributed by atoms with van der Waals surface area (Å²) in [6.45, 7) is 5.68. The third-order valence-corrected chi connectivity index (χ3v) is 2.75. The first kappa shape index (κ1) is 12.6. The molecule has 0 aromatic carbocycles. The van der Waals surface area contributed by atoms with Crippen LogP contribution < -0.4 is 5.32 Å². The summed E-state index contributed by atoms with van der Waals surface area (Å²) in [5.41, 5.74) is 0. The third kappa shape index (κ3) is 5.89. The van der Waals surface area contributed by atoms with Gasteiger partial charge in [-0.3, -0.25) is 0 Å². The zero-order chi connectivity index (χ0) is 11.1. The number of rotatable bonds is 7. The van der Waals surface area contributed by atoms with Crippen LogP contribution in [0.15, 0.2) is 17.5 Å². The number of aliphatic hydroxyl groups is 1. The molecule has 15 heavy (non-hydrogen) atoms. The van der Waals surface area contributed by atoms with E-state index >= 15 is 0 Å². The highest BCUT2D eigenvalue weighted by Crippen LogP contribution is 2.09. The number of thiophene rings is 1. The Bertz CT molecular complexity index is 249. The van der Waals surface area contributed by atoms with Crippen LogP contribution in [0.5, 0.6) is 0 Å². The molecule has 1 unspecified atom stereocenters. The van der Waals surface area contributed by atoms with Crippen LogP contribution in [-0.2, 0) is 11.3 Å². The summed E-state index contributed by atoms with van der Waals surface area (Å²) in [4.78, 5) is 1.19. The summed E-state index contributed by atoms with van der Waals surface area (Å²) < 4.78 is 5.39. The van der Waals surface area contributed by atoms with Crippen LogP contribution >= 0.6 is 11.3 Å². The lowest BCUT2D eigenvalue weighted by Gasteiger charge is -2.13. The average molecular weight is 229 g/mol. The van der Waals surface area contributed by atoms with E-state index in [2.05, 4.69) is 19.2 Å². The summed E-state index contributed by atoms with van der Waals surface area (Å²) in [5.74, 6) is 0. The van der Waals surface area contributed by atoms with E-state index in [0.29, 0.717) is 25.8 Å². The fourth-order valence-corrected chi connectivity index (χ4v) is 1.76. The topological polar surface area (TPSA) is 41.5 Å². The van der Waals surface area contributed by atoms with Crippen molar-refractivity contribution in [1.29, 1.82) is 0 Å². The first-order chi connectivity index (χ1) is 7.18. The van der Waals surface area contributed by atoms with Crippen molar-refractivity contribution in [3.8, 4) is 0 Å². The van der Waals surface area contributed by atoms with Crippen molar-refractivity contribution < 1.29 is 9.84 Å². The minimum Gasteiger partial charge on any atom is -0.389 e.